The highest BCUT2D eigenvalue weighted by Gasteiger charge is 2.12. The molecule has 2 rings (SSSR count). The third-order valence-corrected chi connectivity index (χ3v) is 1.91. The molecule has 3 nitrogen and oxygen atoms in total. The molecule has 1 aliphatic rings. The maximum Gasteiger partial charge on any atom is 0.343 e. The molecule has 0 aromatic heterocycles. The van der Waals surface area contributed by atoms with E-state index in [0.717, 1.165) is 0 Å². The van der Waals surface area contributed by atoms with Crippen LogP contribution < -0.4 is 0 Å². The molecule has 1 aliphatic heterocycles. The summed E-state index contributed by atoms with van der Waals surface area (Å²) >= 11 is 0. The number of carbonyl (C=O) groups excluding carboxylic acids is 1. The number of ether oxygens (including phenoxy) is 2. The van der Waals surface area contributed by atoms with Crippen molar-refractivity contribution in [3.8, 4) is 0 Å². The third-order valence-electron chi connectivity index (χ3n) is 1.91. The predicted octanol–water partition coefficient (Wildman–Crippen LogP) is 1.76. The highest BCUT2D eigenvalue weighted by Crippen LogP contribution is 2.10. The van der Waals surface area contributed by atoms with Crippen molar-refractivity contribution in [1.82, 2.24) is 0 Å². The Morgan fingerprint density at radius 2 is 2.07 bits per heavy atom. The summed E-state index contributed by atoms with van der Waals surface area (Å²) in [6.07, 6.45) is 1.76. The zero-order valence-corrected chi connectivity index (χ0v) is 7.60. The van der Waals surface area contributed by atoms with E-state index in [0.29, 0.717) is 24.5 Å². The van der Waals surface area contributed by atoms with Crippen LogP contribution in [0, 0.1) is 0 Å². The fraction of sp³-hybridized carbons (Fsp3) is 0.182. The Bertz CT molecular complexity index is 354. The number of benzene rings is 1. The normalized spacial score (nSPS) is 15.0. The average molecular weight is 190 g/mol. The van der Waals surface area contributed by atoms with Crippen molar-refractivity contribution in [3.63, 3.8) is 0 Å². The summed E-state index contributed by atoms with van der Waals surface area (Å²) in [5.74, 6) is 0.265. The largest absolute Gasteiger partial charge is 0.425 e. The van der Waals surface area contributed by atoms with E-state index >= 15 is 0 Å². The van der Waals surface area contributed by atoms with Crippen molar-refractivity contribution in [2.24, 2.45) is 0 Å². The van der Waals surface area contributed by atoms with Gasteiger partial charge in [-0.3, -0.25) is 0 Å². The zero-order valence-electron chi connectivity index (χ0n) is 7.60. The molecular weight excluding hydrogens is 180 g/mol. The van der Waals surface area contributed by atoms with Gasteiger partial charge >= 0.3 is 5.97 Å². The van der Waals surface area contributed by atoms with E-state index < -0.39 is 0 Å². The monoisotopic (exact) mass is 190 g/mol. The van der Waals surface area contributed by atoms with E-state index in [4.69, 9.17) is 9.47 Å². The highest BCUT2D eigenvalue weighted by atomic mass is 16.6. The first kappa shape index (κ1) is 8.97. The van der Waals surface area contributed by atoms with Crippen LogP contribution in [0.2, 0.25) is 0 Å². The predicted molar refractivity (Wildman–Crippen MR) is 50.8 cm³/mol. The molecule has 0 aliphatic carbocycles. The van der Waals surface area contributed by atoms with Gasteiger partial charge < -0.3 is 9.47 Å². The molecule has 0 fully saturated rings. The summed E-state index contributed by atoms with van der Waals surface area (Å²) in [4.78, 5) is 11.5. The fourth-order valence-corrected chi connectivity index (χ4v) is 1.19. The Morgan fingerprint density at radius 1 is 1.29 bits per heavy atom. The summed E-state index contributed by atoms with van der Waals surface area (Å²) < 4.78 is 10.1. The van der Waals surface area contributed by atoms with Crippen LogP contribution in [0.4, 0.5) is 0 Å². The smallest absolute Gasteiger partial charge is 0.343 e. The summed E-state index contributed by atoms with van der Waals surface area (Å²) in [7, 11) is 0. The van der Waals surface area contributed by atoms with Crippen LogP contribution in [-0.4, -0.2) is 19.2 Å². The van der Waals surface area contributed by atoms with Crippen LogP contribution in [0.15, 0.2) is 42.2 Å². The molecule has 0 amide bonds. The Kier molecular flexibility index (Phi) is 2.60. The molecule has 0 bridgehead atoms. The molecule has 0 saturated carbocycles. The van der Waals surface area contributed by atoms with E-state index in [1.807, 2.05) is 6.07 Å². The maximum absolute atomic E-state index is 11.5. The molecule has 0 spiro atoms. The van der Waals surface area contributed by atoms with Crippen molar-refractivity contribution >= 4 is 5.97 Å². The van der Waals surface area contributed by atoms with Crippen molar-refractivity contribution in [3.05, 3.63) is 47.7 Å². The Balaban J connectivity index is 2.03. The molecular formula is C11H10O3. The first-order chi connectivity index (χ1) is 6.86. The first-order valence-corrected chi connectivity index (χ1v) is 4.40. The van der Waals surface area contributed by atoms with Gasteiger partial charge in [-0.2, -0.15) is 0 Å². The van der Waals surface area contributed by atoms with Crippen molar-refractivity contribution in [2.45, 2.75) is 0 Å². The van der Waals surface area contributed by atoms with Crippen LogP contribution >= 0.6 is 0 Å². The molecule has 0 radical (unpaired) electrons. The van der Waals surface area contributed by atoms with Gasteiger partial charge in [-0.25, -0.2) is 4.79 Å². The van der Waals surface area contributed by atoms with Gasteiger partial charge in [0, 0.05) is 0 Å². The van der Waals surface area contributed by atoms with Crippen molar-refractivity contribution < 1.29 is 14.3 Å². The van der Waals surface area contributed by atoms with Crippen LogP contribution in [0.3, 0.4) is 0 Å². The molecule has 72 valence electrons. The molecule has 0 unspecified atom stereocenters. The van der Waals surface area contributed by atoms with Gasteiger partial charge in [-0.05, 0) is 18.2 Å². The standard InChI is InChI=1S/C11H10O3/c12-11(9-4-2-1-3-5-9)14-10-6-7-13-8-10/h1-6H,7-8H2. The van der Waals surface area contributed by atoms with E-state index in [1.54, 1.807) is 30.3 Å². The molecule has 1 aromatic carbocycles. The molecule has 3 heteroatoms. The number of esters is 1. The van der Waals surface area contributed by atoms with Gasteiger partial charge in [0.05, 0.1) is 12.2 Å². The van der Waals surface area contributed by atoms with Gasteiger partial charge in [0.1, 0.15) is 12.4 Å². The topological polar surface area (TPSA) is 35.5 Å². The minimum absolute atomic E-state index is 0.331. The molecule has 0 atom stereocenters. The van der Waals surface area contributed by atoms with Gasteiger partial charge in [-0.15, -0.1) is 0 Å². The lowest BCUT2D eigenvalue weighted by Gasteiger charge is -2.03. The first-order valence-electron chi connectivity index (χ1n) is 4.40. The summed E-state index contributed by atoms with van der Waals surface area (Å²) in [6.45, 7) is 0.913. The number of rotatable bonds is 2. The van der Waals surface area contributed by atoms with Crippen LogP contribution in [-0.2, 0) is 9.47 Å². The van der Waals surface area contributed by atoms with Crippen LogP contribution in [0.25, 0.3) is 0 Å². The Morgan fingerprint density at radius 3 is 2.71 bits per heavy atom. The molecule has 1 heterocycles. The van der Waals surface area contributed by atoms with Gasteiger partial charge in [-0.1, -0.05) is 18.2 Å². The molecule has 1 aromatic rings. The van der Waals surface area contributed by atoms with E-state index in [1.165, 1.54) is 0 Å². The molecule has 0 N–H and O–H groups in total. The second kappa shape index (κ2) is 4.07. The molecule has 0 saturated heterocycles. The average Bonchev–Trinajstić information content (AvgIpc) is 2.72. The van der Waals surface area contributed by atoms with E-state index in [2.05, 4.69) is 0 Å². The zero-order chi connectivity index (χ0) is 9.80. The quantitative estimate of drug-likeness (QED) is 0.666. The number of hydrogen-bond acceptors (Lipinski definition) is 3. The second-order valence-corrected chi connectivity index (χ2v) is 2.94. The fourth-order valence-electron chi connectivity index (χ4n) is 1.19. The molecule has 14 heavy (non-hydrogen) atoms. The minimum atomic E-state index is -0.331. The minimum Gasteiger partial charge on any atom is -0.425 e. The van der Waals surface area contributed by atoms with Gasteiger partial charge in [0.25, 0.3) is 0 Å². The summed E-state index contributed by atoms with van der Waals surface area (Å²) in [5, 5.41) is 0. The summed E-state index contributed by atoms with van der Waals surface area (Å²) in [6, 6.07) is 8.90. The Hall–Kier alpha value is -1.61. The maximum atomic E-state index is 11.5. The Labute approximate surface area is 81.9 Å². The van der Waals surface area contributed by atoms with E-state index in [-0.39, 0.29) is 5.97 Å². The lowest BCUT2D eigenvalue weighted by Crippen LogP contribution is -2.05. The van der Waals surface area contributed by atoms with Crippen LogP contribution in [0.5, 0.6) is 0 Å². The van der Waals surface area contributed by atoms with Crippen molar-refractivity contribution in [2.75, 3.05) is 13.2 Å². The summed E-state index contributed by atoms with van der Waals surface area (Å²) in [5.41, 5.74) is 0.556. The lowest BCUT2D eigenvalue weighted by atomic mass is 10.2. The van der Waals surface area contributed by atoms with Gasteiger partial charge in [0.15, 0.2) is 0 Å². The SMILES string of the molecule is O=C(OC1=CCOC1)c1ccccc1. The van der Waals surface area contributed by atoms with Crippen molar-refractivity contribution in [1.29, 1.82) is 0 Å². The van der Waals surface area contributed by atoms with E-state index in [9.17, 15) is 4.79 Å². The lowest BCUT2D eigenvalue weighted by molar-refractivity contribution is 0.0584. The number of hydrogen-bond donors (Lipinski definition) is 0. The van der Waals surface area contributed by atoms with Crippen LogP contribution in [0.1, 0.15) is 10.4 Å². The number of carbonyl (C=O) groups is 1. The van der Waals surface area contributed by atoms with Gasteiger partial charge in [0.2, 0.25) is 0 Å². The third kappa shape index (κ3) is 2.00. The highest BCUT2D eigenvalue weighted by molar-refractivity contribution is 5.90. The second-order valence-electron chi connectivity index (χ2n) is 2.94.